The zero-order valence-corrected chi connectivity index (χ0v) is 12.6. The maximum Gasteiger partial charge on any atom is 0.328 e. The lowest BCUT2D eigenvalue weighted by molar-refractivity contribution is -0.131. The van der Waals surface area contributed by atoms with E-state index >= 15 is 0 Å². The molecule has 1 amide bonds. The molecule has 0 radical (unpaired) electrons. The molecule has 0 heterocycles. The maximum absolute atomic E-state index is 12.4. The van der Waals surface area contributed by atoms with Crippen molar-refractivity contribution >= 4 is 18.0 Å². The number of methoxy groups -OCH3 is 1. The molecule has 0 aliphatic rings. The fourth-order valence-electron chi connectivity index (χ4n) is 2.06. The number of carboxylic acids is 1. The summed E-state index contributed by atoms with van der Waals surface area (Å²) >= 11 is 0. The summed E-state index contributed by atoms with van der Waals surface area (Å²) < 4.78 is 5.09. The molecule has 0 aliphatic heterocycles. The van der Waals surface area contributed by atoms with E-state index in [4.69, 9.17) is 9.84 Å². The number of rotatable bonds is 7. The highest BCUT2D eigenvalue weighted by Crippen LogP contribution is 2.11. The minimum atomic E-state index is -0.999. The van der Waals surface area contributed by atoms with Crippen molar-refractivity contribution in [2.45, 2.75) is 19.9 Å². The highest BCUT2D eigenvalue weighted by atomic mass is 16.5. The Morgan fingerprint density at radius 1 is 1.33 bits per heavy atom. The van der Waals surface area contributed by atoms with E-state index in [1.54, 1.807) is 36.3 Å². The van der Waals surface area contributed by atoms with E-state index in [-0.39, 0.29) is 11.9 Å². The average molecular weight is 291 g/mol. The molecule has 0 saturated carbocycles. The SMILES string of the molecule is CCN(C(=O)c1ccc(C=CC(=O)O)cc1)C(C)COC. The molecule has 0 saturated heterocycles. The Morgan fingerprint density at radius 2 is 1.95 bits per heavy atom. The summed E-state index contributed by atoms with van der Waals surface area (Å²) in [5, 5.41) is 8.57. The highest BCUT2D eigenvalue weighted by Gasteiger charge is 2.19. The Kier molecular flexibility index (Phi) is 6.62. The van der Waals surface area contributed by atoms with Crippen molar-refractivity contribution in [1.82, 2.24) is 4.90 Å². The minimum Gasteiger partial charge on any atom is -0.478 e. The van der Waals surface area contributed by atoms with Gasteiger partial charge in [0.1, 0.15) is 0 Å². The summed E-state index contributed by atoms with van der Waals surface area (Å²) in [6.45, 7) is 4.95. The summed E-state index contributed by atoms with van der Waals surface area (Å²) in [5.41, 5.74) is 1.31. The fourth-order valence-corrected chi connectivity index (χ4v) is 2.06. The molecule has 0 aliphatic carbocycles. The van der Waals surface area contributed by atoms with Gasteiger partial charge in [-0.05, 0) is 37.6 Å². The number of ether oxygens (including phenoxy) is 1. The van der Waals surface area contributed by atoms with E-state index in [1.807, 2.05) is 13.8 Å². The second kappa shape index (κ2) is 8.21. The number of hydrogen-bond donors (Lipinski definition) is 1. The first-order chi connectivity index (χ1) is 9.99. The van der Waals surface area contributed by atoms with Crippen LogP contribution in [-0.2, 0) is 9.53 Å². The van der Waals surface area contributed by atoms with E-state index < -0.39 is 5.97 Å². The molecule has 1 rings (SSSR count). The number of amides is 1. The molecule has 0 spiro atoms. The van der Waals surface area contributed by atoms with Crippen LogP contribution in [0.15, 0.2) is 30.3 Å². The number of benzene rings is 1. The predicted octanol–water partition coefficient (Wildman–Crippen LogP) is 2.28. The lowest BCUT2D eigenvalue weighted by atomic mass is 10.1. The monoisotopic (exact) mass is 291 g/mol. The molecular weight excluding hydrogens is 270 g/mol. The first-order valence-corrected chi connectivity index (χ1v) is 6.80. The number of hydrogen-bond acceptors (Lipinski definition) is 3. The lowest BCUT2D eigenvalue weighted by Gasteiger charge is -2.27. The molecule has 1 aromatic carbocycles. The fraction of sp³-hybridized carbons (Fsp3) is 0.375. The van der Waals surface area contributed by atoms with Crippen LogP contribution in [0, 0.1) is 0 Å². The van der Waals surface area contributed by atoms with Crippen molar-refractivity contribution in [3.8, 4) is 0 Å². The Hall–Kier alpha value is -2.14. The first-order valence-electron chi connectivity index (χ1n) is 6.80. The Bertz CT molecular complexity index is 508. The molecule has 1 N–H and O–H groups in total. The van der Waals surface area contributed by atoms with Crippen molar-refractivity contribution in [3.05, 3.63) is 41.5 Å². The third-order valence-electron chi connectivity index (χ3n) is 3.12. The number of carboxylic acid groups (broad SMARTS) is 1. The van der Waals surface area contributed by atoms with E-state index in [0.717, 1.165) is 11.6 Å². The molecule has 1 atom stereocenters. The van der Waals surface area contributed by atoms with Gasteiger partial charge in [0.05, 0.1) is 12.6 Å². The third-order valence-corrected chi connectivity index (χ3v) is 3.12. The smallest absolute Gasteiger partial charge is 0.328 e. The molecule has 1 unspecified atom stereocenters. The lowest BCUT2D eigenvalue weighted by Crippen LogP contribution is -2.40. The van der Waals surface area contributed by atoms with Crippen LogP contribution in [0.2, 0.25) is 0 Å². The van der Waals surface area contributed by atoms with E-state index in [1.165, 1.54) is 6.08 Å². The van der Waals surface area contributed by atoms with Gasteiger partial charge in [0.25, 0.3) is 5.91 Å². The molecule has 1 aromatic rings. The van der Waals surface area contributed by atoms with Crippen molar-refractivity contribution in [3.63, 3.8) is 0 Å². The zero-order valence-electron chi connectivity index (χ0n) is 12.6. The second-order valence-electron chi connectivity index (χ2n) is 4.69. The van der Waals surface area contributed by atoms with Gasteiger partial charge in [0, 0.05) is 25.3 Å². The van der Waals surface area contributed by atoms with Crippen LogP contribution in [0.1, 0.15) is 29.8 Å². The quantitative estimate of drug-likeness (QED) is 0.783. The Morgan fingerprint density at radius 3 is 2.43 bits per heavy atom. The Labute approximate surface area is 124 Å². The molecule has 5 nitrogen and oxygen atoms in total. The van der Waals surface area contributed by atoms with E-state index in [2.05, 4.69) is 0 Å². The molecule has 0 bridgehead atoms. The van der Waals surface area contributed by atoms with Crippen LogP contribution in [0.25, 0.3) is 6.08 Å². The number of aliphatic carboxylic acids is 1. The number of likely N-dealkylation sites (N-methyl/N-ethyl adjacent to an activating group) is 1. The van der Waals surface area contributed by atoms with Crippen LogP contribution < -0.4 is 0 Å². The number of carbonyl (C=O) groups excluding carboxylic acids is 1. The van der Waals surface area contributed by atoms with Crippen molar-refractivity contribution in [1.29, 1.82) is 0 Å². The molecule has 0 aromatic heterocycles. The topological polar surface area (TPSA) is 66.8 Å². The van der Waals surface area contributed by atoms with Gasteiger partial charge in [0.15, 0.2) is 0 Å². The van der Waals surface area contributed by atoms with Crippen LogP contribution in [0.4, 0.5) is 0 Å². The normalized spacial score (nSPS) is 12.3. The van der Waals surface area contributed by atoms with Gasteiger partial charge in [-0.1, -0.05) is 12.1 Å². The standard InChI is InChI=1S/C16H21NO4/c1-4-17(12(2)11-21-3)16(20)14-8-5-13(6-9-14)7-10-15(18)19/h5-10,12H,4,11H2,1-3H3,(H,18,19). The van der Waals surface area contributed by atoms with Gasteiger partial charge in [-0.25, -0.2) is 4.79 Å². The van der Waals surface area contributed by atoms with E-state index in [0.29, 0.717) is 18.7 Å². The summed E-state index contributed by atoms with van der Waals surface area (Å²) in [4.78, 5) is 24.6. The maximum atomic E-state index is 12.4. The van der Waals surface area contributed by atoms with Crippen LogP contribution in [0.5, 0.6) is 0 Å². The largest absolute Gasteiger partial charge is 0.478 e. The molecule has 0 fully saturated rings. The third kappa shape index (κ3) is 5.04. The summed E-state index contributed by atoms with van der Waals surface area (Å²) in [7, 11) is 1.61. The van der Waals surface area contributed by atoms with Gasteiger partial charge in [-0.3, -0.25) is 4.79 Å². The second-order valence-corrected chi connectivity index (χ2v) is 4.69. The van der Waals surface area contributed by atoms with E-state index in [9.17, 15) is 9.59 Å². The van der Waals surface area contributed by atoms with Gasteiger partial charge in [-0.15, -0.1) is 0 Å². The van der Waals surface area contributed by atoms with Crippen molar-refractivity contribution in [2.75, 3.05) is 20.3 Å². The minimum absolute atomic E-state index is 0.000849. The van der Waals surface area contributed by atoms with Gasteiger partial charge < -0.3 is 14.7 Å². The van der Waals surface area contributed by atoms with Crippen LogP contribution in [-0.4, -0.2) is 48.2 Å². The predicted molar refractivity (Wildman–Crippen MR) is 81.2 cm³/mol. The molecule has 21 heavy (non-hydrogen) atoms. The number of nitrogens with zero attached hydrogens (tertiary/aromatic N) is 1. The Balaban J connectivity index is 2.84. The van der Waals surface area contributed by atoms with Gasteiger partial charge in [0.2, 0.25) is 0 Å². The van der Waals surface area contributed by atoms with Gasteiger partial charge >= 0.3 is 5.97 Å². The summed E-state index contributed by atoms with van der Waals surface area (Å²) in [6.07, 6.45) is 2.55. The summed E-state index contributed by atoms with van der Waals surface area (Å²) in [6, 6.07) is 6.85. The summed E-state index contributed by atoms with van der Waals surface area (Å²) in [5.74, 6) is -1.06. The van der Waals surface area contributed by atoms with Crippen molar-refractivity contribution in [2.24, 2.45) is 0 Å². The average Bonchev–Trinajstić information content (AvgIpc) is 2.46. The van der Waals surface area contributed by atoms with Gasteiger partial charge in [-0.2, -0.15) is 0 Å². The van der Waals surface area contributed by atoms with Crippen LogP contribution >= 0.6 is 0 Å². The zero-order chi connectivity index (χ0) is 15.8. The molecule has 5 heteroatoms. The highest BCUT2D eigenvalue weighted by molar-refractivity contribution is 5.94. The van der Waals surface area contributed by atoms with Crippen molar-refractivity contribution < 1.29 is 19.4 Å². The first kappa shape index (κ1) is 16.9. The number of carbonyl (C=O) groups is 2. The molecular formula is C16H21NO4. The van der Waals surface area contributed by atoms with Crippen LogP contribution in [0.3, 0.4) is 0 Å². The molecule has 114 valence electrons.